The van der Waals surface area contributed by atoms with Gasteiger partial charge in [0.1, 0.15) is 79.4 Å². The number of aliphatic hydroxyl groups excluding tert-OH is 11. The van der Waals surface area contributed by atoms with Gasteiger partial charge in [-0.25, -0.2) is 0 Å². The van der Waals surface area contributed by atoms with E-state index in [1.54, 1.807) is 0 Å². The Morgan fingerprint density at radius 2 is 0.833 bits per heavy atom. The van der Waals surface area contributed by atoms with Gasteiger partial charge in [0.05, 0.1) is 24.9 Å². The second-order valence-electron chi connectivity index (χ2n) is 11.1. The van der Waals surface area contributed by atoms with Crippen molar-refractivity contribution in [3.8, 4) is 0 Å². The lowest BCUT2D eigenvalue weighted by Gasteiger charge is -2.49. The lowest BCUT2D eigenvalue weighted by molar-refractivity contribution is -0.396. The Balaban J connectivity index is 1.60. The zero-order valence-electron chi connectivity index (χ0n) is 23.0. The third kappa shape index (κ3) is 6.62. The Morgan fingerprint density at radius 3 is 1.31 bits per heavy atom. The van der Waals surface area contributed by atoms with E-state index in [1.807, 2.05) is 0 Å². The summed E-state index contributed by atoms with van der Waals surface area (Å²) in [4.78, 5) is 0. The summed E-state index contributed by atoms with van der Waals surface area (Å²) in [6.45, 7) is 3.36. The molecule has 0 aliphatic carbocycles. The molecule has 0 radical (unpaired) electrons. The number of hydrogen-bond acceptors (Lipinski definition) is 18. The minimum absolute atomic E-state index is 0.814. The lowest BCUT2D eigenvalue weighted by Crippen LogP contribution is -2.67. The average molecular weight is 619 g/mol. The van der Waals surface area contributed by atoms with E-state index in [4.69, 9.17) is 33.2 Å². The van der Waals surface area contributed by atoms with E-state index in [9.17, 15) is 56.2 Å². The summed E-state index contributed by atoms with van der Waals surface area (Å²) in [5.74, 6) is 0. The van der Waals surface area contributed by atoms with E-state index in [-0.39, 0.29) is 0 Å². The van der Waals surface area contributed by atoms with E-state index in [1.165, 1.54) is 20.8 Å². The standard InChI is InChI=1S/C24H42O18/c1-5-9(26)12(29)15(32)22(36-5)41-19-17(34)21(35)39-8(4-25)18(19)40-24-20(14(31)11(28)7(3)38-24)42-23-16(33)13(30)10(27)6(2)37-23/h5-35H,4H2,1-3H3/t5-,6-,7-,8+,9-,10-,11-,12+,13+,14+,15+,16+,17+,18+,19+,20+,21+,22-,23-,24-/m0/s1. The maximum atomic E-state index is 10.9. The van der Waals surface area contributed by atoms with Gasteiger partial charge in [-0.05, 0) is 20.8 Å². The van der Waals surface area contributed by atoms with E-state index in [0.29, 0.717) is 0 Å². The van der Waals surface area contributed by atoms with Gasteiger partial charge in [0.15, 0.2) is 25.2 Å². The summed E-state index contributed by atoms with van der Waals surface area (Å²) >= 11 is 0. The topological polar surface area (TPSA) is 287 Å². The van der Waals surface area contributed by atoms with Crippen LogP contribution in [0.25, 0.3) is 0 Å². The summed E-state index contributed by atoms with van der Waals surface area (Å²) in [6, 6.07) is 0. The van der Waals surface area contributed by atoms with Crippen molar-refractivity contribution < 1.29 is 89.3 Å². The Kier molecular flexibility index (Phi) is 11.2. The van der Waals surface area contributed by atoms with Crippen LogP contribution in [0.15, 0.2) is 0 Å². The van der Waals surface area contributed by atoms with Crippen molar-refractivity contribution in [2.24, 2.45) is 0 Å². The van der Waals surface area contributed by atoms with Crippen LogP contribution in [0.3, 0.4) is 0 Å². The number of ether oxygens (including phenoxy) is 7. The molecule has 0 aromatic rings. The number of hydrogen-bond donors (Lipinski definition) is 11. The smallest absolute Gasteiger partial charge is 0.187 e. The molecule has 0 amide bonds. The fraction of sp³-hybridized carbons (Fsp3) is 1.00. The molecule has 42 heavy (non-hydrogen) atoms. The van der Waals surface area contributed by atoms with E-state index in [0.717, 1.165) is 0 Å². The zero-order chi connectivity index (χ0) is 31.2. The normalized spacial score (nSPS) is 55.9. The Labute approximate surface area is 240 Å². The van der Waals surface area contributed by atoms with Gasteiger partial charge in [-0.1, -0.05) is 0 Å². The fourth-order valence-corrected chi connectivity index (χ4v) is 5.35. The minimum atomic E-state index is -1.92. The highest BCUT2D eigenvalue weighted by Crippen LogP contribution is 2.34. The van der Waals surface area contributed by atoms with Crippen molar-refractivity contribution in [3.63, 3.8) is 0 Å². The highest BCUT2D eigenvalue weighted by molar-refractivity contribution is 4.97. The van der Waals surface area contributed by atoms with Crippen LogP contribution in [-0.2, 0) is 33.2 Å². The summed E-state index contributed by atoms with van der Waals surface area (Å²) in [5, 5.41) is 114. The van der Waals surface area contributed by atoms with Gasteiger partial charge >= 0.3 is 0 Å². The van der Waals surface area contributed by atoms with Crippen molar-refractivity contribution in [3.05, 3.63) is 0 Å². The van der Waals surface area contributed by atoms with E-state index in [2.05, 4.69) is 0 Å². The van der Waals surface area contributed by atoms with Crippen molar-refractivity contribution in [2.45, 2.75) is 144 Å². The molecular formula is C24H42O18. The average Bonchev–Trinajstić information content (AvgIpc) is 2.96. The summed E-state index contributed by atoms with van der Waals surface area (Å²) in [5.41, 5.74) is 0. The Bertz CT molecular complexity index is 869. The maximum absolute atomic E-state index is 10.9. The van der Waals surface area contributed by atoms with Crippen LogP contribution >= 0.6 is 0 Å². The third-order valence-corrected chi connectivity index (χ3v) is 8.09. The molecule has 4 heterocycles. The molecular weight excluding hydrogens is 576 g/mol. The summed E-state index contributed by atoms with van der Waals surface area (Å²) in [7, 11) is 0. The molecule has 0 saturated carbocycles. The van der Waals surface area contributed by atoms with Gasteiger partial charge in [-0.2, -0.15) is 0 Å². The van der Waals surface area contributed by atoms with Crippen molar-refractivity contribution in [1.29, 1.82) is 0 Å². The molecule has 4 aliphatic rings. The number of rotatable bonds is 7. The first-order valence-electron chi connectivity index (χ1n) is 13.7. The maximum Gasteiger partial charge on any atom is 0.187 e. The summed E-state index contributed by atoms with van der Waals surface area (Å²) in [6.07, 6.45) is -31.5. The van der Waals surface area contributed by atoms with Gasteiger partial charge in [-0.3, -0.25) is 0 Å². The van der Waals surface area contributed by atoms with Gasteiger partial charge < -0.3 is 89.3 Å². The predicted octanol–water partition coefficient (Wildman–Crippen LogP) is -6.67. The first-order chi connectivity index (χ1) is 19.7. The predicted molar refractivity (Wildman–Crippen MR) is 130 cm³/mol. The number of aliphatic hydroxyl groups is 11. The molecule has 4 aliphatic heterocycles. The van der Waals surface area contributed by atoms with Crippen LogP contribution in [-0.4, -0.2) is 186 Å². The van der Waals surface area contributed by atoms with Crippen LogP contribution in [0, 0.1) is 0 Å². The van der Waals surface area contributed by atoms with Crippen molar-refractivity contribution in [2.75, 3.05) is 6.61 Å². The molecule has 0 bridgehead atoms. The van der Waals surface area contributed by atoms with Crippen LogP contribution < -0.4 is 0 Å². The van der Waals surface area contributed by atoms with Crippen molar-refractivity contribution in [1.82, 2.24) is 0 Å². The van der Waals surface area contributed by atoms with Crippen molar-refractivity contribution >= 4 is 0 Å². The minimum Gasteiger partial charge on any atom is -0.394 e. The molecule has 4 saturated heterocycles. The SMILES string of the molecule is C[C@@H]1O[C@@H](O[C@@H]2[C@@H](O)[C@H](O)O[C@H](CO)[C@H]2O[C@@H]2O[C@@H](C)[C@H](O)[C@@H](O)[C@H]2O[C@@H]2O[C@@H](C)[C@H](O)[C@@H](O)[C@H]2O)[C@H](O)[C@H](O)[C@H]1O. The zero-order valence-corrected chi connectivity index (χ0v) is 23.0. The van der Waals surface area contributed by atoms with Crippen LogP contribution in [0.5, 0.6) is 0 Å². The molecule has 0 aromatic heterocycles. The first kappa shape index (κ1) is 34.2. The highest BCUT2D eigenvalue weighted by Gasteiger charge is 2.55. The molecule has 4 fully saturated rings. The molecule has 20 atom stereocenters. The highest BCUT2D eigenvalue weighted by atomic mass is 16.8. The molecule has 246 valence electrons. The third-order valence-electron chi connectivity index (χ3n) is 8.09. The van der Waals surface area contributed by atoms with Gasteiger partial charge in [0.25, 0.3) is 0 Å². The second kappa shape index (κ2) is 13.7. The van der Waals surface area contributed by atoms with E-state index >= 15 is 0 Å². The molecule has 0 unspecified atom stereocenters. The Hall–Kier alpha value is -0.720. The first-order valence-corrected chi connectivity index (χ1v) is 13.7. The van der Waals surface area contributed by atoms with Gasteiger partial charge in [0, 0.05) is 0 Å². The molecule has 0 aromatic carbocycles. The Morgan fingerprint density at radius 1 is 0.429 bits per heavy atom. The van der Waals surface area contributed by atoms with Crippen LogP contribution in [0.1, 0.15) is 20.8 Å². The summed E-state index contributed by atoms with van der Waals surface area (Å²) < 4.78 is 39.2. The van der Waals surface area contributed by atoms with Gasteiger partial charge in [0.2, 0.25) is 0 Å². The largest absolute Gasteiger partial charge is 0.394 e. The monoisotopic (exact) mass is 618 g/mol. The molecule has 18 heteroatoms. The van der Waals surface area contributed by atoms with E-state index < -0.39 is 129 Å². The molecule has 11 N–H and O–H groups in total. The quantitative estimate of drug-likeness (QED) is 0.126. The molecule has 4 rings (SSSR count). The molecule has 0 spiro atoms. The fourth-order valence-electron chi connectivity index (χ4n) is 5.35. The van der Waals surface area contributed by atoms with Crippen LogP contribution in [0.2, 0.25) is 0 Å². The van der Waals surface area contributed by atoms with Gasteiger partial charge in [-0.15, -0.1) is 0 Å². The lowest BCUT2D eigenvalue weighted by atomic mass is 9.96. The van der Waals surface area contributed by atoms with Crippen LogP contribution in [0.4, 0.5) is 0 Å². The molecule has 18 nitrogen and oxygen atoms in total. The second-order valence-corrected chi connectivity index (χ2v) is 11.1.